The highest BCUT2D eigenvalue weighted by molar-refractivity contribution is 7.99. The lowest BCUT2D eigenvalue weighted by molar-refractivity contribution is 0.623. The summed E-state index contributed by atoms with van der Waals surface area (Å²) in [5.41, 5.74) is 12.8. The minimum atomic E-state index is 0.681. The maximum Gasteiger partial charge on any atom is 0.0559 e. The second-order valence-electron chi connectivity index (χ2n) is 4.25. The first-order valence-electron chi connectivity index (χ1n) is 5.53. The fourth-order valence-electron chi connectivity index (χ4n) is 2.03. The van der Waals surface area contributed by atoms with Crippen LogP contribution in [0.25, 0.3) is 0 Å². The molecule has 0 amide bonds. The molecule has 0 aromatic heterocycles. The molecule has 0 aliphatic heterocycles. The molecule has 1 aromatic carbocycles. The van der Waals surface area contributed by atoms with E-state index < -0.39 is 0 Å². The van der Waals surface area contributed by atoms with E-state index in [2.05, 4.69) is 6.07 Å². The van der Waals surface area contributed by atoms with Crippen molar-refractivity contribution < 1.29 is 0 Å². The lowest BCUT2D eigenvalue weighted by atomic mass is 10.1. The molecular formula is C12H18N2S. The minimum absolute atomic E-state index is 0.681. The van der Waals surface area contributed by atoms with Crippen molar-refractivity contribution in [2.45, 2.75) is 30.6 Å². The van der Waals surface area contributed by atoms with Crippen molar-refractivity contribution in [2.24, 2.45) is 5.92 Å². The Morgan fingerprint density at radius 1 is 1.13 bits per heavy atom. The maximum atomic E-state index is 5.77. The Balaban J connectivity index is 1.90. The Kier molecular flexibility index (Phi) is 3.41. The lowest BCUT2D eigenvalue weighted by Crippen LogP contribution is -1.97. The van der Waals surface area contributed by atoms with Crippen molar-refractivity contribution in [3.8, 4) is 0 Å². The third-order valence-corrected chi connectivity index (χ3v) is 4.24. The fraction of sp³-hybridized carbons (Fsp3) is 0.500. The van der Waals surface area contributed by atoms with Gasteiger partial charge in [0.2, 0.25) is 0 Å². The molecular weight excluding hydrogens is 204 g/mol. The Morgan fingerprint density at radius 3 is 2.53 bits per heavy atom. The van der Waals surface area contributed by atoms with Crippen molar-refractivity contribution in [1.82, 2.24) is 0 Å². The van der Waals surface area contributed by atoms with Gasteiger partial charge in [0, 0.05) is 10.6 Å². The number of rotatable bonds is 3. The van der Waals surface area contributed by atoms with E-state index in [0.29, 0.717) is 11.4 Å². The van der Waals surface area contributed by atoms with Crippen molar-refractivity contribution >= 4 is 23.1 Å². The molecule has 1 aliphatic carbocycles. The predicted octanol–water partition coefficient (Wildman–Crippen LogP) is 3.13. The molecule has 0 heterocycles. The summed E-state index contributed by atoms with van der Waals surface area (Å²) in [7, 11) is 0. The van der Waals surface area contributed by atoms with Crippen LogP contribution in [0, 0.1) is 5.92 Å². The molecule has 1 saturated carbocycles. The monoisotopic (exact) mass is 222 g/mol. The smallest absolute Gasteiger partial charge is 0.0559 e. The van der Waals surface area contributed by atoms with Gasteiger partial charge in [0.05, 0.1) is 11.4 Å². The molecule has 0 radical (unpaired) electrons. The second kappa shape index (κ2) is 4.79. The number of hydrogen-bond donors (Lipinski definition) is 2. The van der Waals surface area contributed by atoms with Crippen molar-refractivity contribution in [1.29, 1.82) is 0 Å². The molecule has 0 atom stereocenters. The van der Waals surface area contributed by atoms with E-state index in [4.69, 9.17) is 11.5 Å². The number of hydrogen-bond acceptors (Lipinski definition) is 3. The molecule has 0 bridgehead atoms. The molecule has 2 rings (SSSR count). The van der Waals surface area contributed by atoms with E-state index in [9.17, 15) is 0 Å². The SMILES string of the molecule is Nc1ccc(SCC2CCCC2)cc1N. The standard InChI is InChI=1S/C12H18N2S/c13-11-6-5-10(7-12(11)14)15-8-9-3-1-2-4-9/h5-7,9H,1-4,8,13-14H2. The zero-order valence-electron chi connectivity index (χ0n) is 8.91. The van der Waals surface area contributed by atoms with E-state index >= 15 is 0 Å². The Bertz CT molecular complexity index is 332. The summed E-state index contributed by atoms with van der Waals surface area (Å²) in [6.07, 6.45) is 5.62. The second-order valence-corrected chi connectivity index (χ2v) is 5.35. The van der Waals surface area contributed by atoms with Crippen LogP contribution in [0.4, 0.5) is 11.4 Å². The zero-order chi connectivity index (χ0) is 10.7. The van der Waals surface area contributed by atoms with Crippen LogP contribution in [0.3, 0.4) is 0 Å². The Hall–Kier alpha value is -0.830. The third-order valence-electron chi connectivity index (χ3n) is 3.02. The molecule has 15 heavy (non-hydrogen) atoms. The van der Waals surface area contributed by atoms with Gasteiger partial charge in [-0.1, -0.05) is 12.8 Å². The van der Waals surface area contributed by atoms with Crippen LogP contribution in [0.15, 0.2) is 23.1 Å². The molecule has 2 nitrogen and oxygen atoms in total. The van der Waals surface area contributed by atoms with Gasteiger partial charge < -0.3 is 11.5 Å². The Labute approximate surface area is 95.4 Å². The Morgan fingerprint density at radius 2 is 1.87 bits per heavy atom. The van der Waals surface area contributed by atoms with Crippen LogP contribution in [-0.4, -0.2) is 5.75 Å². The zero-order valence-corrected chi connectivity index (χ0v) is 9.72. The predicted molar refractivity (Wildman–Crippen MR) is 67.9 cm³/mol. The van der Waals surface area contributed by atoms with Gasteiger partial charge in [0.1, 0.15) is 0 Å². The molecule has 4 N–H and O–H groups in total. The van der Waals surface area contributed by atoms with Gasteiger partial charge in [-0.05, 0) is 37.0 Å². The van der Waals surface area contributed by atoms with Crippen LogP contribution >= 0.6 is 11.8 Å². The largest absolute Gasteiger partial charge is 0.397 e. The summed E-state index contributed by atoms with van der Waals surface area (Å²) >= 11 is 1.90. The number of nitrogen functional groups attached to an aromatic ring is 2. The summed E-state index contributed by atoms with van der Waals surface area (Å²) in [5.74, 6) is 2.14. The van der Waals surface area contributed by atoms with E-state index in [1.54, 1.807) is 0 Å². The molecule has 1 fully saturated rings. The van der Waals surface area contributed by atoms with Crippen LogP contribution < -0.4 is 11.5 Å². The summed E-state index contributed by atoms with van der Waals surface area (Å²) in [6, 6.07) is 5.94. The molecule has 1 aliphatic rings. The molecule has 0 unspecified atom stereocenters. The van der Waals surface area contributed by atoms with Crippen LogP contribution in [0.1, 0.15) is 25.7 Å². The minimum Gasteiger partial charge on any atom is -0.397 e. The number of nitrogens with two attached hydrogens (primary N) is 2. The summed E-state index contributed by atoms with van der Waals surface area (Å²) in [6.45, 7) is 0. The van der Waals surface area contributed by atoms with Gasteiger partial charge >= 0.3 is 0 Å². The quantitative estimate of drug-likeness (QED) is 0.610. The van der Waals surface area contributed by atoms with Gasteiger partial charge in [0.15, 0.2) is 0 Å². The van der Waals surface area contributed by atoms with Gasteiger partial charge in [-0.25, -0.2) is 0 Å². The fourth-order valence-corrected chi connectivity index (χ4v) is 3.17. The van der Waals surface area contributed by atoms with Crippen molar-refractivity contribution in [2.75, 3.05) is 17.2 Å². The number of anilines is 2. The van der Waals surface area contributed by atoms with Gasteiger partial charge in [-0.3, -0.25) is 0 Å². The maximum absolute atomic E-state index is 5.77. The first-order valence-corrected chi connectivity index (χ1v) is 6.52. The van der Waals surface area contributed by atoms with Crippen LogP contribution in [0.5, 0.6) is 0 Å². The lowest BCUT2D eigenvalue weighted by Gasteiger charge is -2.09. The van der Waals surface area contributed by atoms with E-state index in [0.717, 1.165) is 5.92 Å². The molecule has 3 heteroatoms. The average molecular weight is 222 g/mol. The summed E-state index contributed by atoms with van der Waals surface area (Å²) < 4.78 is 0. The van der Waals surface area contributed by atoms with Gasteiger partial charge in [-0.15, -0.1) is 11.8 Å². The first kappa shape index (κ1) is 10.7. The summed E-state index contributed by atoms with van der Waals surface area (Å²) in [4.78, 5) is 1.24. The van der Waals surface area contributed by atoms with Gasteiger partial charge in [-0.2, -0.15) is 0 Å². The van der Waals surface area contributed by atoms with E-state index in [1.807, 2.05) is 23.9 Å². The molecule has 0 spiro atoms. The van der Waals surface area contributed by atoms with Crippen LogP contribution in [-0.2, 0) is 0 Å². The third kappa shape index (κ3) is 2.81. The molecule has 82 valence electrons. The molecule has 1 aromatic rings. The molecule has 0 saturated heterocycles. The number of thioether (sulfide) groups is 1. The highest BCUT2D eigenvalue weighted by Gasteiger charge is 2.14. The number of benzene rings is 1. The highest BCUT2D eigenvalue weighted by Crippen LogP contribution is 2.32. The summed E-state index contributed by atoms with van der Waals surface area (Å²) in [5, 5.41) is 0. The first-order chi connectivity index (χ1) is 7.25. The van der Waals surface area contributed by atoms with E-state index in [1.165, 1.54) is 36.3 Å². The topological polar surface area (TPSA) is 52.0 Å². The van der Waals surface area contributed by atoms with Gasteiger partial charge in [0.25, 0.3) is 0 Å². The average Bonchev–Trinajstić information content (AvgIpc) is 2.73. The highest BCUT2D eigenvalue weighted by atomic mass is 32.2. The van der Waals surface area contributed by atoms with Crippen molar-refractivity contribution in [3.63, 3.8) is 0 Å². The van der Waals surface area contributed by atoms with E-state index in [-0.39, 0.29) is 0 Å². The normalized spacial score (nSPS) is 17.1. The van der Waals surface area contributed by atoms with Crippen LogP contribution in [0.2, 0.25) is 0 Å². The van der Waals surface area contributed by atoms with Crippen molar-refractivity contribution in [3.05, 3.63) is 18.2 Å².